The van der Waals surface area contributed by atoms with E-state index in [0.717, 1.165) is 32.0 Å². The van der Waals surface area contributed by atoms with Crippen LogP contribution in [0.2, 0.25) is 0 Å². The summed E-state index contributed by atoms with van der Waals surface area (Å²) in [4.78, 5) is 10.1. The van der Waals surface area contributed by atoms with Crippen LogP contribution in [0.15, 0.2) is 109 Å². The quantitative estimate of drug-likeness (QED) is 0.239. The topological polar surface area (TPSA) is 75.3 Å². The van der Waals surface area contributed by atoms with Gasteiger partial charge in [0.05, 0.1) is 0 Å². The Hall–Kier alpha value is -2.07. The Bertz CT molecular complexity index is 1080. The van der Waals surface area contributed by atoms with E-state index in [-0.39, 0.29) is 46.8 Å². The van der Waals surface area contributed by atoms with Gasteiger partial charge in [0, 0.05) is 63.1 Å². The first-order valence-electron chi connectivity index (χ1n) is 11.8. The van der Waals surface area contributed by atoms with Crippen LogP contribution >= 0.6 is 0 Å². The molecule has 3 radical (unpaired) electrons. The molecule has 4 N–H and O–H groups in total. The number of hydrogen-bond donors (Lipinski definition) is 3. The van der Waals surface area contributed by atoms with Crippen LogP contribution in [0.4, 0.5) is 0 Å². The molecule has 0 saturated heterocycles. The summed E-state index contributed by atoms with van der Waals surface area (Å²) in [7, 11) is 1.00. The minimum absolute atomic E-state index is 0. The van der Waals surface area contributed by atoms with Gasteiger partial charge < -0.3 is 17.6 Å². The fourth-order valence-corrected chi connectivity index (χ4v) is 2.91. The molecular formula is C32H43BN2NaO2S2. The van der Waals surface area contributed by atoms with E-state index in [1.165, 1.54) is 27.8 Å². The molecule has 0 fully saturated rings. The number of aldehydes is 1. The molecule has 8 heteroatoms. The maximum absolute atomic E-state index is 10.1. The van der Waals surface area contributed by atoms with Gasteiger partial charge in [0.1, 0.15) is 6.29 Å². The van der Waals surface area contributed by atoms with Gasteiger partial charge >= 0.3 is 29.6 Å². The van der Waals surface area contributed by atoms with Crippen molar-refractivity contribution in [2.75, 3.05) is 7.11 Å². The average Bonchev–Trinajstić information content (AvgIpc) is 2.98. The van der Waals surface area contributed by atoms with E-state index < -0.39 is 0 Å². The summed E-state index contributed by atoms with van der Waals surface area (Å²) >= 11 is 7.33. The molecule has 0 unspecified atom stereocenters. The van der Waals surface area contributed by atoms with Crippen molar-refractivity contribution in [2.45, 2.75) is 40.9 Å². The van der Waals surface area contributed by atoms with Crippen LogP contribution in [0.25, 0.3) is 0 Å². The first-order chi connectivity index (χ1) is 18.1. The fourth-order valence-electron chi connectivity index (χ4n) is 2.91. The van der Waals surface area contributed by atoms with Crippen LogP contribution in [0, 0.1) is 13.8 Å². The summed E-state index contributed by atoms with van der Waals surface area (Å²) in [5.41, 5.74) is 12.4. The molecule has 0 heterocycles. The van der Waals surface area contributed by atoms with Crippen LogP contribution in [-0.2, 0) is 42.0 Å². The number of carbonyl (C=O) groups is 1. The van der Waals surface area contributed by atoms with Crippen LogP contribution in [0.1, 0.15) is 47.0 Å². The average molecular weight is 586 g/mol. The summed E-state index contributed by atoms with van der Waals surface area (Å²) in [6.45, 7) is 6.60. The summed E-state index contributed by atoms with van der Waals surface area (Å²) in [5, 5.41) is 10.4. The minimum atomic E-state index is 0. The molecule has 4 aromatic carbocycles. The Morgan fingerprint density at radius 3 is 1.40 bits per heavy atom. The predicted molar refractivity (Wildman–Crippen MR) is 176 cm³/mol. The first-order valence-corrected chi connectivity index (χ1v) is 13.1. The van der Waals surface area contributed by atoms with Crippen molar-refractivity contribution in [1.82, 2.24) is 5.32 Å². The van der Waals surface area contributed by atoms with Gasteiger partial charge in [-0.3, -0.25) is 4.79 Å². The molecule has 4 aromatic rings. The molecule has 0 bridgehead atoms. The standard InChI is InChI=1S/C15H17N.C8H8O.C7H9N.CH4O.CH4.B.Na.S2.H/c1-13-7-9-15(10-8-13)12-16-11-14-5-3-2-4-6-14;1-7-2-4-8(6-9)5-3-7;8-6-7-4-2-1-3-5-7;1-2;;;;1-2;/h2-10,16H,11-12H2,1H3;2-6H,1H3;1-5H,6,8H2;2H,1H3;1H4;;;;/q;;;;;;+1;;-1. The minimum Gasteiger partial charge on any atom is -1.00 e. The molecule has 0 aromatic heterocycles. The monoisotopic (exact) mass is 585 g/mol. The number of nitrogens with two attached hydrogens (primary N) is 1. The second-order valence-corrected chi connectivity index (χ2v) is 7.79. The van der Waals surface area contributed by atoms with Crippen LogP contribution in [-0.4, -0.2) is 26.9 Å². The summed E-state index contributed by atoms with van der Waals surface area (Å²) in [6.07, 6.45) is 0.847. The third-order valence-corrected chi connectivity index (χ3v) is 4.91. The SMILES string of the molecule is C.CO.Cc1ccc(C=O)cc1.Cc1ccc(CNCc2ccccc2)cc1.NCc1ccccc1.S=S.[B].[H-].[Na+]. The second kappa shape index (κ2) is 31.5. The Morgan fingerprint density at radius 2 is 1.05 bits per heavy atom. The molecule has 209 valence electrons. The molecule has 0 aliphatic heterocycles. The molecule has 0 spiro atoms. The number of rotatable bonds is 6. The van der Waals surface area contributed by atoms with Crippen molar-refractivity contribution >= 4 is 37.1 Å². The molecule has 0 aliphatic carbocycles. The predicted octanol–water partition coefficient (Wildman–Crippen LogP) is 3.21. The van der Waals surface area contributed by atoms with Crippen molar-refractivity contribution < 1.29 is 40.9 Å². The molecule has 40 heavy (non-hydrogen) atoms. The van der Waals surface area contributed by atoms with Gasteiger partial charge in [-0.15, -0.1) is 0 Å². The molecule has 0 saturated carbocycles. The van der Waals surface area contributed by atoms with Gasteiger partial charge in [-0.1, -0.05) is 128 Å². The van der Waals surface area contributed by atoms with Crippen LogP contribution in [0.3, 0.4) is 0 Å². The van der Waals surface area contributed by atoms with Gasteiger partial charge in [-0.25, -0.2) is 0 Å². The maximum atomic E-state index is 10.1. The van der Waals surface area contributed by atoms with Crippen LogP contribution in [0.5, 0.6) is 0 Å². The van der Waals surface area contributed by atoms with E-state index in [4.69, 9.17) is 10.8 Å². The summed E-state index contributed by atoms with van der Waals surface area (Å²) < 4.78 is 0. The van der Waals surface area contributed by atoms with Crippen molar-refractivity contribution in [3.63, 3.8) is 0 Å². The second-order valence-electron chi connectivity index (χ2n) is 7.79. The summed E-state index contributed by atoms with van der Waals surface area (Å²) in [6, 6.07) is 36.6. The number of aliphatic hydroxyl groups excluding tert-OH is 1. The van der Waals surface area contributed by atoms with E-state index in [9.17, 15) is 4.79 Å². The van der Waals surface area contributed by atoms with Gasteiger partial charge in [0.2, 0.25) is 0 Å². The summed E-state index contributed by atoms with van der Waals surface area (Å²) in [5.74, 6) is 0. The van der Waals surface area contributed by atoms with Crippen molar-refractivity contribution in [1.29, 1.82) is 0 Å². The molecule has 0 aliphatic rings. The number of benzene rings is 4. The van der Waals surface area contributed by atoms with E-state index in [0.29, 0.717) is 6.54 Å². The molecule has 0 amide bonds. The first kappa shape index (κ1) is 44.9. The van der Waals surface area contributed by atoms with Gasteiger partial charge in [-0.05, 0) is 30.5 Å². The Morgan fingerprint density at radius 1 is 0.700 bits per heavy atom. The third-order valence-electron chi connectivity index (χ3n) is 4.91. The maximum Gasteiger partial charge on any atom is 1.00 e. The Kier molecular flexibility index (Phi) is 35.3. The number of hydrogen-bond acceptors (Lipinski definition) is 6. The third kappa shape index (κ3) is 22.7. The Labute approximate surface area is 277 Å². The molecule has 0 atom stereocenters. The van der Waals surface area contributed by atoms with Gasteiger partial charge in [-0.2, -0.15) is 0 Å². The molecule has 4 nitrogen and oxygen atoms in total. The normalized spacial score (nSPS) is 8.22. The fraction of sp³-hybridized carbons (Fsp3) is 0.219. The van der Waals surface area contributed by atoms with Gasteiger partial charge in [0.25, 0.3) is 0 Å². The van der Waals surface area contributed by atoms with E-state index in [1.807, 2.05) is 67.6 Å². The van der Waals surface area contributed by atoms with Gasteiger partial charge in [0.15, 0.2) is 0 Å². The zero-order valence-corrected chi connectivity index (χ0v) is 27.1. The van der Waals surface area contributed by atoms with E-state index >= 15 is 0 Å². The smallest absolute Gasteiger partial charge is 1.00 e. The van der Waals surface area contributed by atoms with Crippen molar-refractivity contribution in [3.05, 3.63) is 143 Å². The van der Waals surface area contributed by atoms with Crippen molar-refractivity contribution in [3.8, 4) is 0 Å². The zero-order chi connectivity index (χ0) is 27.7. The molecule has 4 rings (SSSR count). The largest absolute Gasteiger partial charge is 1.00 e. The molecular weight excluding hydrogens is 542 g/mol. The Balaban J connectivity index is -0.000000151. The van der Waals surface area contributed by atoms with Crippen LogP contribution < -0.4 is 40.6 Å². The van der Waals surface area contributed by atoms with E-state index in [2.05, 4.69) is 83.1 Å². The zero-order valence-electron chi connectivity index (χ0n) is 24.4. The van der Waals surface area contributed by atoms with E-state index in [1.54, 1.807) is 0 Å². The number of aliphatic hydroxyl groups is 1. The number of carbonyl (C=O) groups excluding carboxylic acids is 1. The van der Waals surface area contributed by atoms with Crippen molar-refractivity contribution in [2.24, 2.45) is 5.73 Å². The number of nitrogens with one attached hydrogen (secondary N) is 1. The number of aryl methyl sites for hydroxylation is 2.